The van der Waals surface area contributed by atoms with Gasteiger partial charge in [0.25, 0.3) is 11.5 Å². The molecule has 1 aliphatic heterocycles. The third kappa shape index (κ3) is 3.69. The topological polar surface area (TPSA) is 67.1 Å². The third-order valence-corrected chi connectivity index (χ3v) is 4.13. The second-order valence-corrected chi connectivity index (χ2v) is 6.13. The van der Waals surface area contributed by atoms with Gasteiger partial charge in [-0.3, -0.25) is 9.36 Å². The van der Waals surface area contributed by atoms with Crippen LogP contribution in [0.2, 0.25) is 0 Å². The first-order valence-electron chi connectivity index (χ1n) is 7.63. The maximum atomic E-state index is 13.2. The molecule has 0 unspecified atom stereocenters. The Hall–Kier alpha value is -2.49. The predicted molar refractivity (Wildman–Crippen MR) is 82.0 cm³/mol. The minimum Gasteiger partial charge on any atom is -0.507 e. The van der Waals surface area contributed by atoms with Gasteiger partial charge in [-0.1, -0.05) is 0 Å². The van der Waals surface area contributed by atoms with Crippen LogP contribution in [0.5, 0.6) is 5.75 Å². The van der Waals surface area contributed by atoms with Gasteiger partial charge in [0.2, 0.25) is 0 Å². The van der Waals surface area contributed by atoms with Gasteiger partial charge in [-0.25, -0.2) is 13.8 Å². The molecule has 0 amide bonds. The highest BCUT2D eigenvalue weighted by Gasteiger charge is 2.39. The first kappa shape index (κ1) is 18.3. The van der Waals surface area contributed by atoms with E-state index in [9.17, 15) is 31.9 Å². The number of hydrogen-bond donors (Lipinski definition) is 2. The van der Waals surface area contributed by atoms with E-state index < -0.39 is 48.0 Å². The van der Waals surface area contributed by atoms with Gasteiger partial charge in [0.1, 0.15) is 5.75 Å². The number of phenols is 1. The molecule has 3 rings (SSSR count). The lowest BCUT2D eigenvalue weighted by atomic mass is 10.0. The Morgan fingerprint density at radius 2 is 2.04 bits per heavy atom. The van der Waals surface area contributed by atoms with Crippen LogP contribution in [0.15, 0.2) is 35.5 Å². The Morgan fingerprint density at radius 1 is 1.31 bits per heavy atom. The largest absolute Gasteiger partial charge is 0.507 e. The van der Waals surface area contributed by atoms with Crippen LogP contribution in [0.3, 0.4) is 0 Å². The summed E-state index contributed by atoms with van der Waals surface area (Å²) in [5, 5.41) is 12.5. The van der Waals surface area contributed by atoms with Gasteiger partial charge in [-0.15, -0.1) is 0 Å². The molecule has 140 valence electrons. The molecule has 2 aromatic rings. The molecule has 5 nitrogen and oxygen atoms in total. The van der Waals surface area contributed by atoms with Crippen LogP contribution in [-0.2, 0) is 12.7 Å². The number of phenolic OH excluding ortho intramolecular Hbond substituents is 1. The van der Waals surface area contributed by atoms with E-state index >= 15 is 0 Å². The Balaban J connectivity index is 1.92. The van der Waals surface area contributed by atoms with E-state index in [-0.39, 0.29) is 17.7 Å². The van der Waals surface area contributed by atoms with Crippen molar-refractivity contribution < 1.29 is 27.1 Å². The first-order valence-corrected chi connectivity index (χ1v) is 7.63. The Kier molecular flexibility index (Phi) is 4.47. The molecule has 0 spiro atoms. The number of halogens is 5. The number of benzene rings is 1. The second kappa shape index (κ2) is 6.35. The molecule has 2 N–H and O–H groups in total. The van der Waals surface area contributed by atoms with E-state index in [1.807, 2.05) is 0 Å². The minimum absolute atomic E-state index is 0.0728. The van der Waals surface area contributed by atoms with E-state index in [1.54, 1.807) is 0 Å². The van der Waals surface area contributed by atoms with Gasteiger partial charge in [0, 0.05) is 30.8 Å². The summed E-state index contributed by atoms with van der Waals surface area (Å²) < 4.78 is 65.6. The van der Waals surface area contributed by atoms with Crippen LogP contribution < -0.4 is 10.9 Å². The molecule has 1 aliphatic rings. The van der Waals surface area contributed by atoms with E-state index in [1.165, 1.54) is 0 Å². The van der Waals surface area contributed by atoms with E-state index in [2.05, 4.69) is 10.3 Å². The first-order chi connectivity index (χ1) is 12.1. The minimum atomic E-state index is -4.63. The number of alkyl halides is 5. The summed E-state index contributed by atoms with van der Waals surface area (Å²) in [6.45, 7) is -0.560. The van der Waals surface area contributed by atoms with E-state index in [4.69, 9.17) is 0 Å². The fourth-order valence-electron chi connectivity index (χ4n) is 2.87. The summed E-state index contributed by atoms with van der Waals surface area (Å²) in [4.78, 5) is 16.4. The van der Waals surface area contributed by atoms with Crippen molar-refractivity contribution in [2.24, 2.45) is 0 Å². The fourth-order valence-corrected chi connectivity index (χ4v) is 2.87. The smallest absolute Gasteiger partial charge is 0.416 e. The predicted octanol–water partition coefficient (Wildman–Crippen LogP) is 2.63. The molecule has 1 atom stereocenters. The molecule has 26 heavy (non-hydrogen) atoms. The summed E-state index contributed by atoms with van der Waals surface area (Å²) in [5.41, 5.74) is -1.94. The number of nitrogens with zero attached hydrogens (tertiary/aromatic N) is 2. The highest BCUT2D eigenvalue weighted by molar-refractivity contribution is 5.69. The van der Waals surface area contributed by atoms with Crippen LogP contribution in [0.1, 0.15) is 12.0 Å². The standard InChI is InChI=1S/C16H14F5N3O2/c17-15(18)4-10(23-7-15)6-24-8-22-5-12(14(24)26)11-2-1-9(3-13(11)25)16(19,20)21/h1-3,5,8,10,23,25H,4,6-7H2/t10-/m0/s1. The molecule has 10 heteroatoms. The third-order valence-electron chi connectivity index (χ3n) is 4.13. The Morgan fingerprint density at radius 3 is 2.62 bits per heavy atom. The highest BCUT2D eigenvalue weighted by atomic mass is 19.4. The van der Waals surface area contributed by atoms with Crippen molar-refractivity contribution in [1.82, 2.24) is 14.9 Å². The van der Waals surface area contributed by atoms with Crippen LogP contribution in [0.25, 0.3) is 11.1 Å². The van der Waals surface area contributed by atoms with Crippen molar-refractivity contribution in [2.75, 3.05) is 6.54 Å². The maximum absolute atomic E-state index is 13.2. The molecule has 0 bridgehead atoms. The van der Waals surface area contributed by atoms with Crippen LogP contribution in [0, 0.1) is 0 Å². The van der Waals surface area contributed by atoms with Gasteiger partial charge < -0.3 is 10.4 Å². The van der Waals surface area contributed by atoms with Crippen molar-refractivity contribution in [3.05, 3.63) is 46.6 Å². The van der Waals surface area contributed by atoms with Crippen molar-refractivity contribution in [2.45, 2.75) is 31.1 Å². The zero-order valence-corrected chi connectivity index (χ0v) is 13.2. The number of hydrogen-bond acceptors (Lipinski definition) is 4. The molecular formula is C16H14F5N3O2. The van der Waals surface area contributed by atoms with Gasteiger partial charge in [0.05, 0.1) is 24.0 Å². The zero-order valence-electron chi connectivity index (χ0n) is 13.2. The maximum Gasteiger partial charge on any atom is 0.416 e. The Labute approximate surface area is 144 Å². The molecule has 0 radical (unpaired) electrons. The van der Waals surface area contributed by atoms with Gasteiger partial charge in [0.15, 0.2) is 0 Å². The normalized spacial score (nSPS) is 19.7. The van der Waals surface area contributed by atoms with Crippen molar-refractivity contribution >= 4 is 0 Å². The molecular weight excluding hydrogens is 361 g/mol. The molecule has 1 saturated heterocycles. The summed E-state index contributed by atoms with van der Waals surface area (Å²) in [7, 11) is 0. The van der Waals surface area contributed by atoms with E-state index in [0.717, 1.165) is 29.2 Å². The molecule has 0 saturated carbocycles. The molecule has 1 aromatic carbocycles. The molecule has 1 aromatic heterocycles. The quantitative estimate of drug-likeness (QED) is 0.810. The second-order valence-electron chi connectivity index (χ2n) is 6.13. The fraction of sp³-hybridized carbons (Fsp3) is 0.375. The van der Waals surface area contributed by atoms with Crippen molar-refractivity contribution in [3.63, 3.8) is 0 Å². The van der Waals surface area contributed by atoms with Crippen LogP contribution >= 0.6 is 0 Å². The SMILES string of the molecule is O=c1c(-c2ccc(C(F)(F)F)cc2O)cncn1C[C@@H]1CC(F)(F)CN1. The molecule has 1 fully saturated rings. The Bertz CT molecular complexity index is 879. The summed E-state index contributed by atoms with van der Waals surface area (Å²) in [6.07, 6.45) is -2.80. The average molecular weight is 375 g/mol. The number of aromatic hydroxyl groups is 1. The average Bonchev–Trinajstić information content (AvgIpc) is 2.88. The zero-order chi connectivity index (χ0) is 19.1. The van der Waals surface area contributed by atoms with Crippen molar-refractivity contribution in [1.29, 1.82) is 0 Å². The lowest BCUT2D eigenvalue weighted by Crippen LogP contribution is -2.32. The monoisotopic (exact) mass is 375 g/mol. The molecule has 0 aliphatic carbocycles. The van der Waals surface area contributed by atoms with Gasteiger partial charge >= 0.3 is 6.18 Å². The lowest BCUT2D eigenvalue weighted by Gasteiger charge is -2.14. The summed E-state index contributed by atoms with van der Waals surface area (Å²) in [5.74, 6) is -3.58. The van der Waals surface area contributed by atoms with Crippen LogP contribution in [-0.4, -0.2) is 33.2 Å². The van der Waals surface area contributed by atoms with Gasteiger partial charge in [-0.2, -0.15) is 13.2 Å². The van der Waals surface area contributed by atoms with Crippen LogP contribution in [0.4, 0.5) is 22.0 Å². The summed E-state index contributed by atoms with van der Waals surface area (Å²) in [6, 6.07) is 1.60. The number of rotatable bonds is 3. The van der Waals surface area contributed by atoms with E-state index in [0.29, 0.717) is 6.07 Å². The molecule has 2 heterocycles. The lowest BCUT2D eigenvalue weighted by molar-refractivity contribution is -0.137. The highest BCUT2D eigenvalue weighted by Crippen LogP contribution is 2.35. The van der Waals surface area contributed by atoms with Gasteiger partial charge in [-0.05, 0) is 18.2 Å². The van der Waals surface area contributed by atoms with Crippen molar-refractivity contribution in [3.8, 4) is 16.9 Å². The number of nitrogens with one attached hydrogen (secondary N) is 1. The summed E-state index contributed by atoms with van der Waals surface area (Å²) >= 11 is 0. The number of aromatic nitrogens is 2.